The van der Waals surface area contributed by atoms with Crippen LogP contribution in [0.15, 0.2) is 42.6 Å². The predicted octanol–water partition coefficient (Wildman–Crippen LogP) is 4.00. The van der Waals surface area contributed by atoms with E-state index in [0.29, 0.717) is 11.6 Å². The summed E-state index contributed by atoms with van der Waals surface area (Å²) in [7, 11) is 0. The van der Waals surface area contributed by atoms with Crippen molar-refractivity contribution in [1.82, 2.24) is 4.98 Å². The normalized spacial score (nSPS) is 10.1. The Kier molecular flexibility index (Phi) is 3.65. The first-order chi connectivity index (χ1) is 7.74. The zero-order chi connectivity index (χ0) is 11.4. The molecule has 0 saturated carbocycles. The summed E-state index contributed by atoms with van der Waals surface area (Å²) in [6.07, 6.45) is 1.61. The molecular formula is C12H10Cl2N2. The Hall–Kier alpha value is -1.25. The Morgan fingerprint density at radius 3 is 2.62 bits per heavy atom. The number of anilines is 1. The molecule has 0 radical (unpaired) electrons. The van der Waals surface area contributed by atoms with E-state index in [0.717, 1.165) is 16.4 Å². The minimum Gasteiger partial charge on any atom is -0.366 e. The van der Waals surface area contributed by atoms with Crippen molar-refractivity contribution in [2.75, 3.05) is 5.32 Å². The zero-order valence-corrected chi connectivity index (χ0v) is 9.96. The highest BCUT2D eigenvalue weighted by molar-refractivity contribution is 6.30. The second kappa shape index (κ2) is 5.19. The molecule has 0 aliphatic rings. The molecule has 0 aliphatic heterocycles. The number of nitrogens with one attached hydrogen (secondary N) is 1. The van der Waals surface area contributed by atoms with Gasteiger partial charge in [-0.2, -0.15) is 0 Å². The summed E-state index contributed by atoms with van der Waals surface area (Å²) in [6, 6.07) is 11.3. The highest BCUT2D eigenvalue weighted by atomic mass is 35.5. The Labute approximate surface area is 104 Å². The second-order valence-electron chi connectivity index (χ2n) is 3.35. The number of aromatic nitrogens is 1. The molecule has 0 bridgehead atoms. The fourth-order valence-electron chi connectivity index (χ4n) is 1.32. The number of rotatable bonds is 3. The van der Waals surface area contributed by atoms with Gasteiger partial charge in [-0.05, 0) is 29.8 Å². The van der Waals surface area contributed by atoms with E-state index < -0.39 is 0 Å². The van der Waals surface area contributed by atoms with Gasteiger partial charge in [-0.15, -0.1) is 0 Å². The summed E-state index contributed by atoms with van der Waals surface area (Å²) in [6.45, 7) is 0.690. The first-order valence-electron chi connectivity index (χ1n) is 4.84. The van der Waals surface area contributed by atoms with Gasteiger partial charge in [0.1, 0.15) is 5.82 Å². The topological polar surface area (TPSA) is 24.9 Å². The van der Waals surface area contributed by atoms with Crippen LogP contribution in [0.4, 0.5) is 5.82 Å². The smallest absolute Gasteiger partial charge is 0.126 e. The molecule has 1 aromatic heterocycles. The second-order valence-corrected chi connectivity index (χ2v) is 4.22. The van der Waals surface area contributed by atoms with Crippen LogP contribution >= 0.6 is 23.2 Å². The molecule has 1 N–H and O–H groups in total. The van der Waals surface area contributed by atoms with E-state index in [4.69, 9.17) is 23.2 Å². The summed E-state index contributed by atoms with van der Waals surface area (Å²) in [4.78, 5) is 4.14. The van der Waals surface area contributed by atoms with Crippen LogP contribution < -0.4 is 5.32 Å². The highest BCUT2D eigenvalue weighted by Gasteiger charge is 1.96. The number of benzene rings is 1. The SMILES string of the molecule is Clc1ccc(NCc2cccc(Cl)c2)nc1. The number of pyridine rings is 1. The standard InChI is InChI=1S/C12H10Cl2N2/c13-10-3-1-2-9(6-10)7-15-12-5-4-11(14)8-16-12/h1-6,8H,7H2,(H,15,16). The monoisotopic (exact) mass is 252 g/mol. The third-order valence-electron chi connectivity index (χ3n) is 2.09. The number of halogens is 2. The summed E-state index contributed by atoms with van der Waals surface area (Å²) < 4.78 is 0. The molecule has 0 atom stereocenters. The van der Waals surface area contributed by atoms with Crippen molar-refractivity contribution >= 4 is 29.0 Å². The molecule has 0 aliphatic carbocycles. The van der Waals surface area contributed by atoms with Crippen LogP contribution in [0, 0.1) is 0 Å². The largest absolute Gasteiger partial charge is 0.366 e. The van der Waals surface area contributed by atoms with Crippen LogP contribution in [0.3, 0.4) is 0 Å². The molecule has 2 aromatic rings. The molecule has 16 heavy (non-hydrogen) atoms. The van der Waals surface area contributed by atoms with E-state index in [1.807, 2.05) is 30.3 Å². The minimum absolute atomic E-state index is 0.633. The third kappa shape index (κ3) is 3.12. The molecule has 1 heterocycles. The lowest BCUT2D eigenvalue weighted by Gasteiger charge is -2.05. The molecule has 0 saturated heterocycles. The van der Waals surface area contributed by atoms with E-state index in [1.54, 1.807) is 12.3 Å². The predicted molar refractivity (Wildman–Crippen MR) is 68.0 cm³/mol. The molecule has 0 fully saturated rings. The summed E-state index contributed by atoms with van der Waals surface area (Å²) in [5.74, 6) is 0.796. The van der Waals surface area contributed by atoms with Gasteiger partial charge in [0.15, 0.2) is 0 Å². The minimum atomic E-state index is 0.633. The van der Waals surface area contributed by atoms with Crippen molar-refractivity contribution in [3.63, 3.8) is 0 Å². The van der Waals surface area contributed by atoms with Crippen molar-refractivity contribution < 1.29 is 0 Å². The van der Waals surface area contributed by atoms with Gasteiger partial charge in [0.2, 0.25) is 0 Å². The first-order valence-corrected chi connectivity index (χ1v) is 5.59. The maximum Gasteiger partial charge on any atom is 0.126 e. The van der Waals surface area contributed by atoms with Crippen LogP contribution in [0.1, 0.15) is 5.56 Å². The number of hydrogen-bond donors (Lipinski definition) is 1. The van der Waals surface area contributed by atoms with Gasteiger partial charge in [-0.25, -0.2) is 4.98 Å². The lowest BCUT2D eigenvalue weighted by atomic mass is 10.2. The summed E-state index contributed by atoms with van der Waals surface area (Å²) in [5.41, 5.74) is 1.12. The lowest BCUT2D eigenvalue weighted by Crippen LogP contribution is -2.00. The van der Waals surface area contributed by atoms with Crippen LogP contribution in [0.2, 0.25) is 10.0 Å². The molecule has 2 rings (SSSR count). The van der Waals surface area contributed by atoms with Crippen molar-refractivity contribution in [1.29, 1.82) is 0 Å². The van der Waals surface area contributed by atoms with E-state index in [2.05, 4.69) is 10.3 Å². The van der Waals surface area contributed by atoms with E-state index in [-0.39, 0.29) is 0 Å². The molecule has 4 heteroatoms. The van der Waals surface area contributed by atoms with Crippen molar-refractivity contribution in [3.8, 4) is 0 Å². The molecular weight excluding hydrogens is 243 g/mol. The van der Waals surface area contributed by atoms with Crippen LogP contribution in [-0.4, -0.2) is 4.98 Å². The maximum atomic E-state index is 5.89. The molecule has 82 valence electrons. The fourth-order valence-corrected chi connectivity index (χ4v) is 1.64. The van der Waals surface area contributed by atoms with E-state index >= 15 is 0 Å². The van der Waals surface area contributed by atoms with Gasteiger partial charge < -0.3 is 5.32 Å². The van der Waals surface area contributed by atoms with Crippen molar-refractivity contribution in [2.24, 2.45) is 0 Å². The van der Waals surface area contributed by atoms with Crippen LogP contribution in [-0.2, 0) is 6.54 Å². The number of hydrogen-bond acceptors (Lipinski definition) is 2. The van der Waals surface area contributed by atoms with E-state index in [9.17, 15) is 0 Å². The van der Waals surface area contributed by atoms with Gasteiger partial charge >= 0.3 is 0 Å². The Morgan fingerprint density at radius 2 is 1.94 bits per heavy atom. The van der Waals surface area contributed by atoms with Crippen molar-refractivity contribution in [2.45, 2.75) is 6.54 Å². The maximum absolute atomic E-state index is 5.89. The average Bonchev–Trinajstić information content (AvgIpc) is 2.28. The molecule has 2 nitrogen and oxygen atoms in total. The van der Waals surface area contributed by atoms with Gasteiger partial charge in [0.25, 0.3) is 0 Å². The van der Waals surface area contributed by atoms with Gasteiger partial charge in [-0.3, -0.25) is 0 Å². The number of nitrogens with zero attached hydrogens (tertiary/aromatic N) is 1. The average molecular weight is 253 g/mol. The van der Waals surface area contributed by atoms with E-state index in [1.165, 1.54) is 0 Å². The van der Waals surface area contributed by atoms with Gasteiger partial charge in [0.05, 0.1) is 5.02 Å². The first kappa shape index (κ1) is 11.2. The van der Waals surface area contributed by atoms with Crippen LogP contribution in [0.25, 0.3) is 0 Å². The summed E-state index contributed by atoms with van der Waals surface area (Å²) >= 11 is 11.6. The molecule has 1 aromatic carbocycles. The fraction of sp³-hybridized carbons (Fsp3) is 0.0833. The Balaban J connectivity index is 1.99. The molecule has 0 spiro atoms. The highest BCUT2D eigenvalue weighted by Crippen LogP contribution is 2.13. The van der Waals surface area contributed by atoms with Crippen molar-refractivity contribution in [3.05, 3.63) is 58.2 Å². The molecule has 0 unspecified atom stereocenters. The van der Waals surface area contributed by atoms with Gasteiger partial charge in [0, 0.05) is 17.8 Å². The molecule has 0 amide bonds. The lowest BCUT2D eigenvalue weighted by molar-refractivity contribution is 1.11. The third-order valence-corrected chi connectivity index (χ3v) is 2.55. The van der Waals surface area contributed by atoms with Crippen LogP contribution in [0.5, 0.6) is 0 Å². The Morgan fingerprint density at radius 1 is 1.06 bits per heavy atom. The quantitative estimate of drug-likeness (QED) is 0.894. The zero-order valence-electron chi connectivity index (χ0n) is 8.45. The summed E-state index contributed by atoms with van der Waals surface area (Å²) in [5, 5.41) is 4.56. The van der Waals surface area contributed by atoms with Gasteiger partial charge in [-0.1, -0.05) is 35.3 Å². The Bertz CT molecular complexity index is 469.